The van der Waals surface area contributed by atoms with Crippen LogP contribution in [0.3, 0.4) is 0 Å². The van der Waals surface area contributed by atoms with Gasteiger partial charge in [-0.25, -0.2) is 0 Å². The third-order valence-corrected chi connectivity index (χ3v) is 4.76. The molecule has 1 aromatic rings. The molecule has 5 heteroatoms. The summed E-state index contributed by atoms with van der Waals surface area (Å²) in [6.45, 7) is 2.66. The lowest BCUT2D eigenvalue weighted by Gasteiger charge is -2.23. The highest BCUT2D eigenvalue weighted by molar-refractivity contribution is 6.06. The van der Waals surface area contributed by atoms with Crippen molar-refractivity contribution in [2.45, 2.75) is 32.2 Å². The zero-order valence-electron chi connectivity index (χ0n) is 12.8. The maximum absolute atomic E-state index is 12.7. The maximum Gasteiger partial charge on any atom is 0.378 e. The minimum Gasteiger partial charge on any atom is -0.542 e. The van der Waals surface area contributed by atoms with Gasteiger partial charge in [-0.3, -0.25) is 9.59 Å². The van der Waals surface area contributed by atoms with Crippen LogP contribution in [0.5, 0.6) is 0 Å². The van der Waals surface area contributed by atoms with Gasteiger partial charge in [-0.1, -0.05) is 37.3 Å². The molecule has 3 rings (SSSR count). The molecule has 0 aromatic heterocycles. The number of carbonyl (C=O) groups excluding carboxylic acids is 2. The lowest BCUT2D eigenvalue weighted by Crippen LogP contribution is -2.42. The molecule has 1 saturated heterocycles. The molecule has 1 saturated carbocycles. The molecule has 22 heavy (non-hydrogen) atoms. The molecule has 1 amide bonds. The molecule has 4 nitrogen and oxygen atoms in total. The highest BCUT2D eigenvalue weighted by Gasteiger charge is 2.48. The Morgan fingerprint density at radius 1 is 1.27 bits per heavy atom. The second-order valence-electron chi connectivity index (χ2n) is 6.58. The summed E-state index contributed by atoms with van der Waals surface area (Å²) in [5.41, 5.74) is 1.26. The van der Waals surface area contributed by atoms with E-state index < -0.39 is 12.0 Å². The SMILES string of the molecule is [B]OC(=O)[C@@H]1CC(C)CN1C(=O)C1CC1Cc1ccccc1. The van der Waals surface area contributed by atoms with Crippen LogP contribution < -0.4 is 0 Å². The van der Waals surface area contributed by atoms with Gasteiger partial charge in [0.15, 0.2) is 0 Å². The van der Waals surface area contributed by atoms with E-state index >= 15 is 0 Å². The zero-order chi connectivity index (χ0) is 15.7. The summed E-state index contributed by atoms with van der Waals surface area (Å²) in [6, 6.07) is 9.70. The van der Waals surface area contributed by atoms with Crippen molar-refractivity contribution in [1.29, 1.82) is 0 Å². The smallest absolute Gasteiger partial charge is 0.378 e. The molecule has 1 aliphatic heterocycles. The van der Waals surface area contributed by atoms with Gasteiger partial charge < -0.3 is 9.55 Å². The normalized spacial score (nSPS) is 30.1. The van der Waals surface area contributed by atoms with Crippen LogP contribution in [0.1, 0.15) is 25.3 Å². The van der Waals surface area contributed by atoms with Gasteiger partial charge in [-0.2, -0.15) is 0 Å². The highest BCUT2D eigenvalue weighted by atomic mass is 16.5. The summed E-state index contributed by atoms with van der Waals surface area (Å²) in [5.74, 6) is 0.317. The summed E-state index contributed by atoms with van der Waals surface area (Å²) >= 11 is 0. The number of hydrogen-bond acceptors (Lipinski definition) is 3. The van der Waals surface area contributed by atoms with Gasteiger partial charge >= 0.3 is 14.0 Å². The maximum atomic E-state index is 12.7. The fourth-order valence-corrected chi connectivity index (χ4v) is 3.50. The Labute approximate surface area is 132 Å². The number of likely N-dealkylation sites (tertiary alicyclic amines) is 1. The molecule has 0 N–H and O–H groups in total. The molecular formula is C17H20BNO3. The Morgan fingerprint density at radius 3 is 2.68 bits per heavy atom. The second kappa shape index (κ2) is 6.15. The minimum absolute atomic E-state index is 0.0404. The third kappa shape index (κ3) is 3.03. The molecule has 2 fully saturated rings. The van der Waals surface area contributed by atoms with Gasteiger partial charge in [-0.05, 0) is 36.7 Å². The predicted octanol–water partition coefficient (Wildman–Crippen LogP) is 1.73. The first kappa shape index (κ1) is 15.1. The van der Waals surface area contributed by atoms with Gasteiger partial charge in [0.25, 0.3) is 0 Å². The fourth-order valence-electron chi connectivity index (χ4n) is 3.50. The fraction of sp³-hybridized carbons (Fsp3) is 0.529. The topological polar surface area (TPSA) is 46.6 Å². The van der Waals surface area contributed by atoms with E-state index in [1.165, 1.54) is 5.56 Å². The molecule has 2 radical (unpaired) electrons. The van der Waals surface area contributed by atoms with Gasteiger partial charge in [0, 0.05) is 12.5 Å². The van der Waals surface area contributed by atoms with Gasteiger partial charge in [0.05, 0.1) is 0 Å². The number of amides is 1. The number of nitrogens with zero attached hydrogens (tertiary/aromatic N) is 1. The lowest BCUT2D eigenvalue weighted by molar-refractivity contribution is -0.146. The monoisotopic (exact) mass is 297 g/mol. The summed E-state index contributed by atoms with van der Waals surface area (Å²) in [7, 11) is 4.99. The number of hydrogen-bond donors (Lipinski definition) is 0. The van der Waals surface area contributed by atoms with E-state index in [1.807, 2.05) is 25.1 Å². The van der Waals surface area contributed by atoms with Crippen molar-refractivity contribution in [3.63, 3.8) is 0 Å². The van der Waals surface area contributed by atoms with Crippen LogP contribution in [0.4, 0.5) is 0 Å². The number of carbonyl (C=O) groups is 2. The largest absolute Gasteiger partial charge is 0.542 e. The van der Waals surface area contributed by atoms with Crippen LogP contribution in [-0.2, 0) is 20.7 Å². The zero-order valence-corrected chi connectivity index (χ0v) is 12.8. The molecule has 2 aliphatic rings. The van der Waals surface area contributed by atoms with Gasteiger partial charge in [0.2, 0.25) is 5.91 Å². The van der Waals surface area contributed by atoms with E-state index in [9.17, 15) is 9.59 Å². The van der Waals surface area contributed by atoms with E-state index in [0.29, 0.717) is 24.8 Å². The third-order valence-electron chi connectivity index (χ3n) is 4.76. The predicted molar refractivity (Wildman–Crippen MR) is 82.9 cm³/mol. The molecule has 1 aliphatic carbocycles. The molecule has 1 aromatic carbocycles. The van der Waals surface area contributed by atoms with Crippen molar-refractivity contribution in [3.05, 3.63) is 35.9 Å². The summed E-state index contributed by atoms with van der Waals surface area (Å²) in [5, 5.41) is 0. The summed E-state index contributed by atoms with van der Waals surface area (Å²) in [6.07, 6.45) is 2.47. The average Bonchev–Trinajstić information content (AvgIpc) is 3.18. The van der Waals surface area contributed by atoms with E-state index in [-0.39, 0.29) is 11.8 Å². The van der Waals surface area contributed by atoms with Crippen LogP contribution in [0.25, 0.3) is 0 Å². The molecule has 0 spiro atoms. The van der Waals surface area contributed by atoms with E-state index in [1.54, 1.807) is 4.90 Å². The first-order valence-corrected chi connectivity index (χ1v) is 7.85. The Kier molecular flexibility index (Phi) is 4.23. The van der Waals surface area contributed by atoms with Gasteiger partial charge in [0.1, 0.15) is 6.04 Å². The summed E-state index contributed by atoms with van der Waals surface area (Å²) < 4.78 is 4.35. The van der Waals surface area contributed by atoms with Crippen molar-refractivity contribution in [3.8, 4) is 0 Å². The standard InChI is InChI=1S/C17H20BNO3/c1-11-7-15(17(21)22-18)19(10-11)16(20)14-9-13(14)8-12-5-3-2-4-6-12/h2-6,11,13-15H,7-10H2,1H3/t11?,13?,14?,15-/m0/s1. The van der Waals surface area contributed by atoms with Crippen LogP contribution in [0.2, 0.25) is 0 Å². The molecular weight excluding hydrogens is 277 g/mol. The Morgan fingerprint density at radius 2 is 2.00 bits per heavy atom. The Hall–Kier alpha value is -1.78. The van der Waals surface area contributed by atoms with Gasteiger partial charge in [-0.15, -0.1) is 0 Å². The molecule has 1 heterocycles. The first-order chi connectivity index (χ1) is 10.6. The van der Waals surface area contributed by atoms with Crippen LogP contribution in [0.15, 0.2) is 30.3 Å². The molecule has 0 bridgehead atoms. The molecule has 114 valence electrons. The van der Waals surface area contributed by atoms with E-state index in [0.717, 1.165) is 12.8 Å². The minimum atomic E-state index is -0.509. The van der Waals surface area contributed by atoms with Crippen LogP contribution in [-0.4, -0.2) is 37.4 Å². The lowest BCUT2D eigenvalue weighted by atomic mass is 10.1. The molecule has 3 unspecified atom stereocenters. The van der Waals surface area contributed by atoms with Crippen molar-refractivity contribution in [2.75, 3.05) is 6.54 Å². The number of rotatable bonds is 4. The Bertz CT molecular complexity index is 562. The van der Waals surface area contributed by atoms with Crippen molar-refractivity contribution in [1.82, 2.24) is 4.90 Å². The van der Waals surface area contributed by atoms with E-state index in [2.05, 4.69) is 16.8 Å². The highest BCUT2D eigenvalue weighted by Crippen LogP contribution is 2.43. The van der Waals surface area contributed by atoms with Crippen molar-refractivity contribution in [2.24, 2.45) is 17.8 Å². The van der Waals surface area contributed by atoms with Crippen molar-refractivity contribution < 1.29 is 14.2 Å². The second-order valence-corrected chi connectivity index (χ2v) is 6.58. The van der Waals surface area contributed by atoms with E-state index in [4.69, 9.17) is 8.05 Å². The van der Waals surface area contributed by atoms with Crippen LogP contribution >= 0.6 is 0 Å². The quantitative estimate of drug-likeness (QED) is 0.795. The van der Waals surface area contributed by atoms with Crippen molar-refractivity contribution >= 4 is 19.9 Å². The van der Waals surface area contributed by atoms with Crippen LogP contribution in [0, 0.1) is 17.8 Å². The molecule has 4 atom stereocenters. The number of benzene rings is 1. The summed E-state index contributed by atoms with van der Waals surface area (Å²) in [4.78, 5) is 26.1. The average molecular weight is 297 g/mol. The first-order valence-electron chi connectivity index (χ1n) is 7.85. The Balaban J connectivity index is 1.61.